The Labute approximate surface area is 123 Å². The highest BCUT2D eigenvalue weighted by molar-refractivity contribution is 7.80. The van der Waals surface area contributed by atoms with Gasteiger partial charge in [-0.25, -0.2) is 0 Å². The minimum atomic E-state index is -0.123. The van der Waals surface area contributed by atoms with E-state index in [1.54, 1.807) is 23.1 Å². The van der Waals surface area contributed by atoms with Crippen molar-refractivity contribution in [1.29, 1.82) is 5.26 Å². The van der Waals surface area contributed by atoms with Crippen molar-refractivity contribution in [3.63, 3.8) is 0 Å². The van der Waals surface area contributed by atoms with Gasteiger partial charge in [-0.15, -0.1) is 12.6 Å². The number of hydrogen-bond acceptors (Lipinski definition) is 3. The molecule has 3 nitrogen and oxygen atoms in total. The Bertz CT molecular complexity index is 634. The number of rotatable bonds is 4. The molecule has 0 heterocycles. The van der Waals surface area contributed by atoms with E-state index in [1.807, 2.05) is 36.4 Å². The topological polar surface area (TPSA) is 44.1 Å². The van der Waals surface area contributed by atoms with Crippen LogP contribution in [0, 0.1) is 11.3 Å². The smallest absolute Gasteiger partial charge is 0.258 e. The zero-order chi connectivity index (χ0) is 14.4. The molecule has 0 radical (unpaired) electrons. The summed E-state index contributed by atoms with van der Waals surface area (Å²) in [6.07, 6.45) is 0.293. The van der Waals surface area contributed by atoms with Crippen LogP contribution < -0.4 is 4.90 Å². The number of anilines is 1. The second-order valence-corrected chi connectivity index (χ2v) is 4.77. The zero-order valence-corrected chi connectivity index (χ0v) is 11.8. The molecular weight excluding hydrogens is 268 g/mol. The first-order valence-corrected chi connectivity index (χ1v) is 6.70. The van der Waals surface area contributed by atoms with Gasteiger partial charge in [-0.2, -0.15) is 5.26 Å². The molecule has 0 saturated carbocycles. The Morgan fingerprint density at radius 3 is 2.55 bits per heavy atom. The average molecular weight is 282 g/mol. The summed E-state index contributed by atoms with van der Waals surface area (Å²) in [5.74, 6) is -0.123. The molecule has 0 aliphatic carbocycles. The summed E-state index contributed by atoms with van der Waals surface area (Å²) in [5.41, 5.74) is 1.36. The Kier molecular flexibility index (Phi) is 4.80. The van der Waals surface area contributed by atoms with Gasteiger partial charge < -0.3 is 4.90 Å². The van der Waals surface area contributed by atoms with Crippen molar-refractivity contribution in [1.82, 2.24) is 0 Å². The minimum absolute atomic E-state index is 0.123. The van der Waals surface area contributed by atoms with E-state index in [9.17, 15) is 4.79 Å². The van der Waals surface area contributed by atoms with Gasteiger partial charge in [0.2, 0.25) is 0 Å². The monoisotopic (exact) mass is 282 g/mol. The van der Waals surface area contributed by atoms with Crippen LogP contribution in [-0.4, -0.2) is 12.5 Å². The summed E-state index contributed by atoms with van der Waals surface area (Å²) in [6, 6.07) is 18.5. The number of carbonyl (C=O) groups is 1. The van der Waals surface area contributed by atoms with Gasteiger partial charge in [-0.1, -0.05) is 24.3 Å². The van der Waals surface area contributed by atoms with Crippen LogP contribution in [0.1, 0.15) is 16.8 Å². The van der Waals surface area contributed by atoms with Crippen molar-refractivity contribution < 1.29 is 4.79 Å². The van der Waals surface area contributed by atoms with Crippen molar-refractivity contribution in [2.75, 3.05) is 11.4 Å². The van der Waals surface area contributed by atoms with E-state index in [4.69, 9.17) is 5.26 Å². The lowest BCUT2D eigenvalue weighted by Crippen LogP contribution is -2.31. The normalized spacial score (nSPS) is 9.80. The van der Waals surface area contributed by atoms with E-state index in [0.29, 0.717) is 18.5 Å². The van der Waals surface area contributed by atoms with Crippen molar-refractivity contribution in [3.05, 3.63) is 60.2 Å². The summed E-state index contributed by atoms with van der Waals surface area (Å²) >= 11 is 4.25. The van der Waals surface area contributed by atoms with Crippen LogP contribution >= 0.6 is 12.6 Å². The molecule has 2 aromatic carbocycles. The van der Waals surface area contributed by atoms with Gasteiger partial charge in [0, 0.05) is 22.7 Å². The third-order valence-corrected chi connectivity index (χ3v) is 3.13. The Hall–Kier alpha value is -2.25. The van der Waals surface area contributed by atoms with Crippen LogP contribution in [0.15, 0.2) is 59.5 Å². The molecular formula is C16H14N2OS. The number of amides is 1. The predicted molar refractivity (Wildman–Crippen MR) is 82.0 cm³/mol. The Morgan fingerprint density at radius 1 is 1.15 bits per heavy atom. The predicted octanol–water partition coefficient (Wildman–Crippen LogP) is 3.54. The fourth-order valence-electron chi connectivity index (χ4n) is 1.91. The van der Waals surface area contributed by atoms with E-state index >= 15 is 0 Å². The molecule has 2 aromatic rings. The van der Waals surface area contributed by atoms with Crippen LogP contribution in [0.25, 0.3) is 0 Å². The number of para-hydroxylation sites is 1. The molecule has 0 unspecified atom stereocenters. The van der Waals surface area contributed by atoms with Crippen LogP contribution in [0.5, 0.6) is 0 Å². The fourth-order valence-corrected chi connectivity index (χ4v) is 2.14. The van der Waals surface area contributed by atoms with Gasteiger partial charge in [0.25, 0.3) is 5.91 Å². The van der Waals surface area contributed by atoms with Crippen LogP contribution in [0.2, 0.25) is 0 Å². The summed E-state index contributed by atoms with van der Waals surface area (Å²) in [7, 11) is 0. The van der Waals surface area contributed by atoms with E-state index < -0.39 is 0 Å². The van der Waals surface area contributed by atoms with E-state index in [2.05, 4.69) is 18.7 Å². The summed E-state index contributed by atoms with van der Waals surface area (Å²) in [4.78, 5) is 14.9. The molecule has 0 atom stereocenters. The number of thiol groups is 1. The number of nitrogens with zero attached hydrogens (tertiary/aromatic N) is 2. The summed E-state index contributed by atoms with van der Waals surface area (Å²) < 4.78 is 0. The molecule has 20 heavy (non-hydrogen) atoms. The van der Waals surface area contributed by atoms with Crippen molar-refractivity contribution in [2.45, 2.75) is 11.3 Å². The molecule has 2 rings (SSSR count). The molecule has 0 aliphatic rings. The first-order chi connectivity index (χ1) is 9.72. The SMILES string of the molecule is N#CCCN(C(=O)c1cccc(S)c1)c1ccccc1. The van der Waals surface area contributed by atoms with Crippen molar-refractivity contribution in [3.8, 4) is 6.07 Å². The first kappa shape index (κ1) is 14.2. The maximum atomic E-state index is 12.6. The second-order valence-electron chi connectivity index (χ2n) is 4.25. The van der Waals surface area contributed by atoms with Gasteiger partial charge in [0.1, 0.15) is 0 Å². The number of hydrogen-bond donors (Lipinski definition) is 1. The quantitative estimate of drug-likeness (QED) is 0.872. The highest BCUT2D eigenvalue weighted by Crippen LogP contribution is 2.18. The molecule has 0 N–H and O–H groups in total. The molecule has 100 valence electrons. The van der Waals surface area contributed by atoms with Crippen molar-refractivity contribution in [2.24, 2.45) is 0 Å². The van der Waals surface area contributed by atoms with Gasteiger partial charge in [-0.3, -0.25) is 4.79 Å². The van der Waals surface area contributed by atoms with Crippen molar-refractivity contribution >= 4 is 24.2 Å². The first-order valence-electron chi connectivity index (χ1n) is 6.25. The molecule has 0 fully saturated rings. The molecule has 0 aliphatic heterocycles. The lowest BCUT2D eigenvalue weighted by atomic mass is 10.1. The van der Waals surface area contributed by atoms with Crippen LogP contribution in [0.3, 0.4) is 0 Å². The molecule has 1 amide bonds. The molecule has 0 saturated heterocycles. The number of carbonyl (C=O) groups excluding carboxylic acids is 1. The van der Waals surface area contributed by atoms with Crippen LogP contribution in [0.4, 0.5) is 5.69 Å². The third kappa shape index (κ3) is 3.40. The van der Waals surface area contributed by atoms with Gasteiger partial charge in [0.05, 0.1) is 12.5 Å². The van der Waals surface area contributed by atoms with Gasteiger partial charge in [0.15, 0.2) is 0 Å². The van der Waals surface area contributed by atoms with Gasteiger partial charge >= 0.3 is 0 Å². The standard InChI is InChI=1S/C16H14N2OS/c17-10-5-11-18(14-7-2-1-3-8-14)16(19)13-6-4-9-15(20)12-13/h1-4,6-9,12,20H,5,11H2. The number of benzene rings is 2. The Morgan fingerprint density at radius 2 is 1.90 bits per heavy atom. The molecule has 0 aromatic heterocycles. The highest BCUT2D eigenvalue weighted by atomic mass is 32.1. The Balaban J connectivity index is 2.32. The summed E-state index contributed by atoms with van der Waals surface area (Å²) in [6.45, 7) is 0.371. The third-order valence-electron chi connectivity index (χ3n) is 2.85. The maximum absolute atomic E-state index is 12.6. The summed E-state index contributed by atoms with van der Waals surface area (Å²) in [5, 5.41) is 8.76. The molecule has 0 spiro atoms. The van der Waals surface area contributed by atoms with Gasteiger partial charge in [-0.05, 0) is 30.3 Å². The lowest BCUT2D eigenvalue weighted by molar-refractivity contribution is 0.0987. The fraction of sp³-hybridized carbons (Fsp3) is 0.125. The minimum Gasteiger partial charge on any atom is -0.307 e. The van der Waals surface area contributed by atoms with E-state index in [-0.39, 0.29) is 5.91 Å². The zero-order valence-electron chi connectivity index (χ0n) is 10.9. The average Bonchev–Trinajstić information content (AvgIpc) is 2.48. The highest BCUT2D eigenvalue weighted by Gasteiger charge is 2.17. The molecule has 4 heteroatoms. The van der Waals surface area contributed by atoms with E-state index in [1.165, 1.54) is 0 Å². The van der Waals surface area contributed by atoms with E-state index in [0.717, 1.165) is 10.6 Å². The number of nitriles is 1. The van der Waals surface area contributed by atoms with Crippen LogP contribution in [-0.2, 0) is 0 Å². The largest absolute Gasteiger partial charge is 0.307 e. The lowest BCUT2D eigenvalue weighted by Gasteiger charge is -2.22. The molecule has 0 bridgehead atoms. The second kappa shape index (κ2) is 6.78. The maximum Gasteiger partial charge on any atom is 0.258 e.